The van der Waals surface area contributed by atoms with Crippen molar-refractivity contribution in [1.29, 1.82) is 0 Å². The molecule has 8 heteroatoms. The van der Waals surface area contributed by atoms with Crippen molar-refractivity contribution < 1.29 is 27.2 Å². The first-order valence-electron chi connectivity index (χ1n) is 8.68. The smallest absolute Gasteiger partial charge is 0.416 e. The van der Waals surface area contributed by atoms with E-state index in [4.69, 9.17) is 4.42 Å². The molecule has 0 atom stereocenters. The normalized spacial score (nSPS) is 11.1. The molecule has 0 fully saturated rings. The van der Waals surface area contributed by atoms with Crippen molar-refractivity contribution in [1.82, 2.24) is 10.6 Å². The molecule has 3 rings (SSSR count). The van der Waals surface area contributed by atoms with Crippen LogP contribution in [0, 0.1) is 0 Å². The summed E-state index contributed by atoms with van der Waals surface area (Å²) in [5, 5.41) is 5.27. The minimum atomic E-state index is -4.52. The Hall–Kier alpha value is -3.55. The molecule has 2 aromatic carbocycles. The third kappa shape index (κ3) is 5.47. The molecular weight excluding hydrogens is 385 g/mol. The number of furan rings is 1. The van der Waals surface area contributed by atoms with Crippen LogP contribution in [0.3, 0.4) is 0 Å². The van der Waals surface area contributed by atoms with E-state index in [9.17, 15) is 22.8 Å². The number of benzene rings is 2. The Bertz CT molecular complexity index is 998. The molecule has 0 aliphatic carbocycles. The minimum absolute atomic E-state index is 0.0639. The molecule has 0 radical (unpaired) electrons. The number of hydrogen-bond acceptors (Lipinski definition) is 3. The Morgan fingerprint density at radius 1 is 0.828 bits per heavy atom. The number of nitrogens with one attached hydrogen (secondary N) is 2. The summed E-state index contributed by atoms with van der Waals surface area (Å²) in [5.74, 6) is -0.334. The first kappa shape index (κ1) is 20.2. The van der Waals surface area contributed by atoms with Gasteiger partial charge in [-0.05, 0) is 48.0 Å². The molecule has 5 nitrogen and oxygen atoms in total. The summed E-state index contributed by atoms with van der Waals surface area (Å²) in [7, 11) is 0. The number of rotatable bonds is 6. The Morgan fingerprint density at radius 3 is 2.14 bits per heavy atom. The van der Waals surface area contributed by atoms with Gasteiger partial charge >= 0.3 is 6.18 Å². The molecule has 150 valence electrons. The summed E-state index contributed by atoms with van der Waals surface area (Å²) in [5.41, 5.74) is 0.0471. The molecule has 0 aliphatic heterocycles. The SMILES string of the molecule is O=C(NCc1cccc(C(=O)NCc2ccco2)c1)c1cccc(C(F)(F)F)c1. The van der Waals surface area contributed by atoms with Crippen LogP contribution < -0.4 is 10.6 Å². The summed E-state index contributed by atoms with van der Waals surface area (Å²) >= 11 is 0. The van der Waals surface area contributed by atoms with Gasteiger partial charge in [0.05, 0.1) is 18.4 Å². The molecule has 0 bridgehead atoms. The molecule has 1 aromatic heterocycles. The molecule has 0 aliphatic rings. The lowest BCUT2D eigenvalue weighted by Gasteiger charge is -2.10. The summed E-state index contributed by atoms with van der Waals surface area (Å²) < 4.78 is 43.5. The van der Waals surface area contributed by atoms with E-state index in [0.717, 1.165) is 12.1 Å². The zero-order valence-corrected chi connectivity index (χ0v) is 15.1. The van der Waals surface area contributed by atoms with Crippen LogP contribution in [0.4, 0.5) is 13.2 Å². The van der Waals surface area contributed by atoms with Crippen LogP contribution in [0.1, 0.15) is 37.6 Å². The molecule has 3 aromatic rings. The zero-order chi connectivity index (χ0) is 20.9. The van der Waals surface area contributed by atoms with Crippen molar-refractivity contribution in [3.63, 3.8) is 0 Å². The fourth-order valence-corrected chi connectivity index (χ4v) is 2.63. The maximum atomic E-state index is 12.8. The predicted octanol–water partition coefficient (Wildman–Crippen LogP) is 4.16. The molecule has 2 N–H and O–H groups in total. The lowest BCUT2D eigenvalue weighted by molar-refractivity contribution is -0.137. The van der Waals surface area contributed by atoms with Crippen molar-refractivity contribution in [3.05, 3.63) is 94.9 Å². The third-order valence-corrected chi connectivity index (χ3v) is 4.10. The minimum Gasteiger partial charge on any atom is -0.467 e. The van der Waals surface area contributed by atoms with E-state index < -0.39 is 17.6 Å². The van der Waals surface area contributed by atoms with Crippen LogP contribution in [0.15, 0.2) is 71.3 Å². The number of carbonyl (C=O) groups excluding carboxylic acids is 2. The van der Waals surface area contributed by atoms with Gasteiger partial charge in [0.25, 0.3) is 11.8 Å². The molecule has 1 heterocycles. The molecule has 2 amide bonds. The van der Waals surface area contributed by atoms with Gasteiger partial charge in [-0.25, -0.2) is 0 Å². The van der Waals surface area contributed by atoms with Crippen LogP contribution >= 0.6 is 0 Å². The Labute approximate surface area is 164 Å². The van der Waals surface area contributed by atoms with Crippen LogP contribution in [0.2, 0.25) is 0 Å². The van der Waals surface area contributed by atoms with Gasteiger partial charge in [0, 0.05) is 17.7 Å². The second-order valence-corrected chi connectivity index (χ2v) is 6.22. The van der Waals surface area contributed by atoms with Gasteiger partial charge in [-0.3, -0.25) is 9.59 Å². The largest absolute Gasteiger partial charge is 0.467 e. The second kappa shape index (κ2) is 8.64. The maximum absolute atomic E-state index is 12.8. The van der Waals surface area contributed by atoms with Crippen LogP contribution in [0.25, 0.3) is 0 Å². The van der Waals surface area contributed by atoms with Gasteiger partial charge in [0.2, 0.25) is 0 Å². The van der Waals surface area contributed by atoms with E-state index in [1.165, 1.54) is 18.4 Å². The number of amides is 2. The van der Waals surface area contributed by atoms with Crippen molar-refractivity contribution in [2.24, 2.45) is 0 Å². The highest BCUT2D eigenvalue weighted by Crippen LogP contribution is 2.29. The molecular formula is C21H17F3N2O3. The van der Waals surface area contributed by atoms with E-state index in [1.807, 2.05) is 0 Å². The van der Waals surface area contributed by atoms with Crippen LogP contribution in [-0.4, -0.2) is 11.8 Å². The van der Waals surface area contributed by atoms with E-state index >= 15 is 0 Å². The fraction of sp³-hybridized carbons (Fsp3) is 0.143. The summed E-state index contributed by atoms with van der Waals surface area (Å²) in [6.45, 7) is 0.302. The van der Waals surface area contributed by atoms with E-state index in [1.54, 1.807) is 36.4 Å². The molecule has 29 heavy (non-hydrogen) atoms. The van der Waals surface area contributed by atoms with Crippen molar-refractivity contribution >= 4 is 11.8 Å². The van der Waals surface area contributed by atoms with Gasteiger partial charge in [-0.1, -0.05) is 18.2 Å². The lowest BCUT2D eigenvalue weighted by atomic mass is 10.1. The summed E-state index contributed by atoms with van der Waals surface area (Å²) in [4.78, 5) is 24.4. The van der Waals surface area contributed by atoms with Crippen molar-refractivity contribution in [2.75, 3.05) is 0 Å². The highest BCUT2D eigenvalue weighted by molar-refractivity contribution is 5.95. The van der Waals surface area contributed by atoms with Gasteiger partial charge in [-0.15, -0.1) is 0 Å². The quantitative estimate of drug-likeness (QED) is 0.651. The van der Waals surface area contributed by atoms with Gasteiger partial charge < -0.3 is 15.1 Å². The van der Waals surface area contributed by atoms with E-state index in [0.29, 0.717) is 16.9 Å². The molecule has 0 saturated heterocycles. The fourth-order valence-electron chi connectivity index (χ4n) is 2.63. The molecule has 0 spiro atoms. The topological polar surface area (TPSA) is 71.3 Å². The zero-order valence-electron chi connectivity index (χ0n) is 15.1. The van der Waals surface area contributed by atoms with Crippen LogP contribution in [-0.2, 0) is 19.3 Å². The van der Waals surface area contributed by atoms with Gasteiger partial charge in [0.1, 0.15) is 5.76 Å². The Balaban J connectivity index is 1.60. The first-order valence-corrected chi connectivity index (χ1v) is 8.68. The number of hydrogen-bond donors (Lipinski definition) is 2. The van der Waals surface area contributed by atoms with Gasteiger partial charge in [-0.2, -0.15) is 13.2 Å². The molecule has 0 saturated carbocycles. The van der Waals surface area contributed by atoms with Crippen molar-refractivity contribution in [3.8, 4) is 0 Å². The average molecular weight is 402 g/mol. The highest BCUT2D eigenvalue weighted by atomic mass is 19.4. The Morgan fingerprint density at radius 2 is 1.48 bits per heavy atom. The van der Waals surface area contributed by atoms with Crippen molar-refractivity contribution in [2.45, 2.75) is 19.3 Å². The summed E-state index contributed by atoms with van der Waals surface area (Å²) in [6.07, 6.45) is -3.01. The van der Waals surface area contributed by atoms with E-state index in [-0.39, 0.29) is 24.6 Å². The standard InChI is InChI=1S/C21H17F3N2O3/c22-21(23,24)17-7-2-6-16(11-17)20(28)25-12-14-4-1-5-15(10-14)19(27)26-13-18-8-3-9-29-18/h1-11H,12-13H2,(H,25,28)(H,26,27). The first-order chi connectivity index (χ1) is 13.8. The average Bonchev–Trinajstić information content (AvgIpc) is 3.23. The monoisotopic (exact) mass is 402 g/mol. The number of carbonyl (C=O) groups is 2. The molecule has 0 unspecified atom stereocenters. The second-order valence-electron chi connectivity index (χ2n) is 6.22. The number of halogens is 3. The summed E-state index contributed by atoms with van der Waals surface area (Å²) in [6, 6.07) is 14.2. The highest BCUT2D eigenvalue weighted by Gasteiger charge is 2.30. The Kier molecular flexibility index (Phi) is 6.01. The maximum Gasteiger partial charge on any atom is 0.416 e. The third-order valence-electron chi connectivity index (χ3n) is 4.10. The lowest BCUT2D eigenvalue weighted by Crippen LogP contribution is -2.24. The predicted molar refractivity (Wildman–Crippen MR) is 98.9 cm³/mol. The van der Waals surface area contributed by atoms with Crippen LogP contribution in [0.5, 0.6) is 0 Å². The van der Waals surface area contributed by atoms with E-state index in [2.05, 4.69) is 10.6 Å². The van der Waals surface area contributed by atoms with Gasteiger partial charge in [0.15, 0.2) is 0 Å². The number of alkyl halides is 3.